The molecule has 0 bridgehead atoms. The maximum absolute atomic E-state index is 13.4. The van der Waals surface area contributed by atoms with Gasteiger partial charge in [0.25, 0.3) is 0 Å². The number of carboxylic acid groups (broad SMARTS) is 2. The molecule has 0 saturated carbocycles. The Morgan fingerprint density at radius 1 is 1.24 bits per heavy atom. The highest BCUT2D eigenvalue weighted by Crippen LogP contribution is 2.33. The molecular formula is C19H24F4N2O4. The van der Waals surface area contributed by atoms with E-state index in [4.69, 9.17) is 10.2 Å². The van der Waals surface area contributed by atoms with Gasteiger partial charge in [-0.1, -0.05) is 0 Å². The number of halogens is 4. The molecule has 162 valence electrons. The van der Waals surface area contributed by atoms with Crippen LogP contribution in [0.2, 0.25) is 0 Å². The molecule has 1 heterocycles. The monoisotopic (exact) mass is 420 g/mol. The Morgan fingerprint density at radius 2 is 1.83 bits per heavy atom. The van der Waals surface area contributed by atoms with Gasteiger partial charge in [-0.15, -0.1) is 0 Å². The van der Waals surface area contributed by atoms with Gasteiger partial charge >= 0.3 is 18.1 Å². The van der Waals surface area contributed by atoms with E-state index < -0.39 is 29.5 Å². The Bertz CT molecular complexity index is 713. The Labute approximate surface area is 165 Å². The van der Waals surface area contributed by atoms with Crippen molar-refractivity contribution >= 4 is 11.9 Å². The first-order valence-corrected chi connectivity index (χ1v) is 8.87. The minimum absolute atomic E-state index is 0.00287. The van der Waals surface area contributed by atoms with Crippen molar-refractivity contribution in [1.82, 2.24) is 10.2 Å². The molecule has 29 heavy (non-hydrogen) atoms. The zero-order valence-corrected chi connectivity index (χ0v) is 16.0. The molecule has 0 aromatic heterocycles. The quantitative estimate of drug-likeness (QED) is 0.484. The lowest BCUT2D eigenvalue weighted by molar-refractivity contribution is -0.138. The SMILES string of the molecule is CC(C)N(Cc1cc(F)ccc1C(F)(F)F)C1CCNC1.O=C(O)/C=C/C(=O)O. The molecule has 1 aromatic rings. The van der Waals surface area contributed by atoms with Gasteiger partial charge in [0, 0.05) is 37.3 Å². The highest BCUT2D eigenvalue weighted by molar-refractivity contribution is 5.89. The summed E-state index contributed by atoms with van der Waals surface area (Å²) in [6.07, 6.45) is -2.45. The van der Waals surface area contributed by atoms with Crippen LogP contribution in [0.3, 0.4) is 0 Å². The van der Waals surface area contributed by atoms with Crippen molar-refractivity contribution in [3.8, 4) is 0 Å². The van der Waals surface area contributed by atoms with Crippen molar-refractivity contribution in [3.05, 3.63) is 47.3 Å². The average Bonchev–Trinajstić information content (AvgIpc) is 3.11. The van der Waals surface area contributed by atoms with Crippen LogP contribution in [0.5, 0.6) is 0 Å². The number of nitrogens with one attached hydrogen (secondary N) is 1. The van der Waals surface area contributed by atoms with Crippen molar-refractivity contribution in [2.45, 2.75) is 45.1 Å². The van der Waals surface area contributed by atoms with Gasteiger partial charge in [0.15, 0.2) is 0 Å². The maximum Gasteiger partial charge on any atom is 0.416 e. The van der Waals surface area contributed by atoms with Crippen LogP contribution in [0.15, 0.2) is 30.4 Å². The molecule has 1 aliphatic heterocycles. The number of rotatable bonds is 6. The number of alkyl halides is 3. The largest absolute Gasteiger partial charge is 0.478 e. The summed E-state index contributed by atoms with van der Waals surface area (Å²) in [5.74, 6) is -3.15. The van der Waals surface area contributed by atoms with Gasteiger partial charge in [0.2, 0.25) is 0 Å². The van der Waals surface area contributed by atoms with Crippen LogP contribution in [0.4, 0.5) is 17.6 Å². The number of hydrogen-bond acceptors (Lipinski definition) is 4. The molecule has 2 rings (SSSR count). The summed E-state index contributed by atoms with van der Waals surface area (Å²) < 4.78 is 52.5. The van der Waals surface area contributed by atoms with Crippen molar-refractivity contribution < 1.29 is 37.4 Å². The zero-order chi connectivity index (χ0) is 22.2. The molecule has 0 spiro atoms. The normalized spacial score (nSPS) is 16.9. The number of aliphatic carboxylic acids is 2. The second-order valence-corrected chi connectivity index (χ2v) is 6.72. The highest BCUT2D eigenvalue weighted by atomic mass is 19.4. The van der Waals surface area contributed by atoms with Gasteiger partial charge in [-0.3, -0.25) is 4.90 Å². The average molecular weight is 420 g/mol. The lowest BCUT2D eigenvalue weighted by Gasteiger charge is -2.33. The van der Waals surface area contributed by atoms with E-state index in [9.17, 15) is 27.2 Å². The van der Waals surface area contributed by atoms with Crippen LogP contribution in [0, 0.1) is 5.82 Å². The molecule has 1 aliphatic rings. The molecule has 0 radical (unpaired) electrons. The van der Waals surface area contributed by atoms with Gasteiger partial charge < -0.3 is 15.5 Å². The van der Waals surface area contributed by atoms with Crippen LogP contribution in [0.1, 0.15) is 31.4 Å². The number of nitrogens with zero attached hydrogens (tertiary/aromatic N) is 1. The third-order valence-corrected chi connectivity index (χ3v) is 4.26. The summed E-state index contributed by atoms with van der Waals surface area (Å²) in [6, 6.07) is 2.98. The standard InChI is InChI=1S/C15H20F4N2.C4H4O4/c1-10(2)21(13-5-6-20-8-13)9-11-7-12(16)3-4-14(11)15(17,18)19;5-3(6)1-2-4(7)8/h3-4,7,10,13,20H,5-6,8-9H2,1-2H3;1-2H,(H,5,6)(H,7,8)/b;2-1+. The number of hydrogen-bond donors (Lipinski definition) is 3. The maximum atomic E-state index is 13.4. The summed E-state index contributed by atoms with van der Waals surface area (Å²) in [7, 11) is 0. The van der Waals surface area contributed by atoms with Crippen LogP contribution < -0.4 is 5.32 Å². The molecule has 1 fully saturated rings. The van der Waals surface area contributed by atoms with Gasteiger partial charge in [-0.2, -0.15) is 13.2 Å². The molecule has 1 unspecified atom stereocenters. The minimum Gasteiger partial charge on any atom is -0.478 e. The fourth-order valence-electron chi connectivity index (χ4n) is 2.96. The van der Waals surface area contributed by atoms with Gasteiger partial charge in [0.1, 0.15) is 5.82 Å². The molecular weight excluding hydrogens is 396 g/mol. The summed E-state index contributed by atoms with van der Waals surface area (Å²) in [4.78, 5) is 21.1. The van der Waals surface area contributed by atoms with Crippen LogP contribution in [-0.4, -0.2) is 52.2 Å². The molecule has 3 N–H and O–H groups in total. The predicted molar refractivity (Wildman–Crippen MR) is 97.8 cm³/mol. The van der Waals surface area contributed by atoms with E-state index >= 15 is 0 Å². The van der Waals surface area contributed by atoms with Gasteiger partial charge in [-0.25, -0.2) is 14.0 Å². The van der Waals surface area contributed by atoms with E-state index in [1.54, 1.807) is 0 Å². The van der Waals surface area contributed by atoms with E-state index in [0.29, 0.717) is 12.2 Å². The topological polar surface area (TPSA) is 89.9 Å². The first kappa shape index (κ1) is 24.6. The summed E-state index contributed by atoms with van der Waals surface area (Å²) in [5, 5.41) is 18.8. The number of benzene rings is 1. The Hall–Kier alpha value is -2.46. The molecule has 1 atom stereocenters. The predicted octanol–water partition coefficient (Wildman–Crippen LogP) is 3.13. The molecule has 1 aromatic carbocycles. The smallest absolute Gasteiger partial charge is 0.416 e. The van der Waals surface area contributed by atoms with E-state index in [1.165, 1.54) is 0 Å². The van der Waals surface area contributed by atoms with Gasteiger partial charge in [-0.05, 0) is 50.6 Å². The first-order chi connectivity index (χ1) is 13.4. The highest BCUT2D eigenvalue weighted by Gasteiger charge is 2.35. The second-order valence-electron chi connectivity index (χ2n) is 6.72. The summed E-state index contributed by atoms with van der Waals surface area (Å²) >= 11 is 0. The first-order valence-electron chi connectivity index (χ1n) is 8.87. The fourth-order valence-corrected chi connectivity index (χ4v) is 2.96. The van der Waals surface area contributed by atoms with Crippen molar-refractivity contribution in [3.63, 3.8) is 0 Å². The zero-order valence-electron chi connectivity index (χ0n) is 16.0. The molecule has 0 aliphatic carbocycles. The van der Waals surface area contributed by atoms with Crippen LogP contribution >= 0.6 is 0 Å². The van der Waals surface area contributed by atoms with Crippen molar-refractivity contribution in [1.29, 1.82) is 0 Å². The van der Waals surface area contributed by atoms with Crippen LogP contribution in [-0.2, 0) is 22.3 Å². The molecule has 1 saturated heterocycles. The Kier molecular flexibility index (Phi) is 9.25. The van der Waals surface area contributed by atoms with E-state index in [0.717, 1.165) is 37.7 Å². The summed E-state index contributed by atoms with van der Waals surface area (Å²) in [5.41, 5.74) is -0.747. The molecule has 6 nitrogen and oxygen atoms in total. The number of carboxylic acids is 2. The number of carbonyl (C=O) groups is 2. The van der Waals surface area contributed by atoms with E-state index in [1.807, 2.05) is 18.7 Å². The molecule has 0 amide bonds. The Morgan fingerprint density at radius 3 is 2.24 bits per heavy atom. The summed E-state index contributed by atoms with van der Waals surface area (Å²) in [6.45, 7) is 5.63. The lowest BCUT2D eigenvalue weighted by Crippen LogP contribution is -2.41. The van der Waals surface area contributed by atoms with Crippen molar-refractivity contribution in [2.75, 3.05) is 13.1 Å². The Balaban J connectivity index is 0.000000447. The van der Waals surface area contributed by atoms with Crippen molar-refractivity contribution in [2.24, 2.45) is 0 Å². The second kappa shape index (κ2) is 10.9. The lowest BCUT2D eigenvalue weighted by atomic mass is 10.0. The third kappa shape index (κ3) is 8.61. The van der Waals surface area contributed by atoms with E-state index in [-0.39, 0.29) is 24.2 Å². The van der Waals surface area contributed by atoms with E-state index in [2.05, 4.69) is 5.32 Å². The third-order valence-electron chi connectivity index (χ3n) is 4.26. The molecule has 10 heteroatoms. The fraction of sp³-hybridized carbons (Fsp3) is 0.474. The minimum atomic E-state index is -4.46. The van der Waals surface area contributed by atoms with Gasteiger partial charge in [0.05, 0.1) is 5.56 Å². The van der Waals surface area contributed by atoms with Crippen LogP contribution in [0.25, 0.3) is 0 Å².